The Morgan fingerprint density at radius 1 is 0.538 bits per heavy atom. The molecule has 0 saturated carbocycles. The van der Waals surface area contributed by atoms with Crippen molar-refractivity contribution in [1.29, 1.82) is 0 Å². The zero-order valence-electron chi connectivity index (χ0n) is 21.0. The van der Waals surface area contributed by atoms with Crippen LogP contribution in [0.2, 0.25) is 0 Å². The topological polar surface area (TPSA) is 142 Å². The maximum absolute atomic E-state index is 4.47. The number of thiazole rings is 1. The average molecular weight is 541 g/mol. The lowest BCUT2D eigenvalue weighted by molar-refractivity contribution is 0.558. The lowest BCUT2D eigenvalue weighted by atomic mass is 10.5. The molecule has 11 nitrogen and oxygen atoms in total. The van der Waals surface area contributed by atoms with E-state index >= 15 is 0 Å². The third-order valence-electron chi connectivity index (χ3n) is 3.24. The zero-order valence-corrected chi connectivity index (χ0v) is 21.8. The number of rotatable bonds is 0. The third kappa shape index (κ3) is 27.1. The number of oxazole rings is 1. The predicted molar refractivity (Wildman–Crippen MR) is 151 cm³/mol. The summed E-state index contributed by atoms with van der Waals surface area (Å²) in [6.07, 6.45) is 31.2. The van der Waals surface area contributed by atoms with Crippen molar-refractivity contribution in [3.63, 3.8) is 0 Å². The lowest BCUT2D eigenvalue weighted by Crippen LogP contribution is -1.69. The van der Waals surface area contributed by atoms with Gasteiger partial charge in [0.2, 0.25) is 0 Å². The molecule has 0 aromatic carbocycles. The molecule has 7 heterocycles. The number of aromatic nitrogens is 9. The molecule has 198 valence electrons. The Labute approximate surface area is 231 Å². The minimum absolute atomic E-state index is 1.03. The molecule has 7 rings (SSSR count). The van der Waals surface area contributed by atoms with E-state index in [9.17, 15) is 0 Å². The average Bonchev–Trinajstić information content (AvgIpc) is 3.89. The smallest absolute Gasteiger partial charge is 0.180 e. The summed E-state index contributed by atoms with van der Waals surface area (Å²) in [5.74, 6) is 0. The fraction of sp³-hybridized carbons (Fsp3) is 0.0370. The molecule has 12 heteroatoms. The Balaban J connectivity index is 0.000000228. The quantitative estimate of drug-likeness (QED) is 0.249. The van der Waals surface area contributed by atoms with Crippen LogP contribution in [0.4, 0.5) is 0 Å². The fourth-order valence-electron chi connectivity index (χ4n) is 1.73. The van der Waals surface area contributed by atoms with Crippen molar-refractivity contribution < 1.29 is 4.42 Å². The minimum Gasteiger partial charge on any atom is -0.452 e. The molecular formula is C27H28N10OS. The number of allylic oxidation sites excluding steroid dienone is 1. The number of hydrogen-bond acceptors (Lipinski definition) is 12. The molecule has 0 radical (unpaired) electrons. The van der Waals surface area contributed by atoms with Gasteiger partial charge in [0.1, 0.15) is 12.6 Å². The second-order valence-electron chi connectivity index (χ2n) is 6.04. The first kappa shape index (κ1) is 31.7. The van der Waals surface area contributed by atoms with E-state index in [0.29, 0.717) is 0 Å². The third-order valence-corrected chi connectivity index (χ3v) is 3.76. The summed E-state index contributed by atoms with van der Waals surface area (Å²) in [5.41, 5.74) is 1.79. The molecule has 6 aromatic rings. The van der Waals surface area contributed by atoms with Crippen LogP contribution in [0.15, 0.2) is 162 Å². The lowest BCUT2D eigenvalue weighted by Gasteiger charge is -1.70. The van der Waals surface area contributed by atoms with Crippen molar-refractivity contribution in [3.05, 3.63) is 153 Å². The number of pyridine rings is 1. The van der Waals surface area contributed by atoms with Crippen LogP contribution in [0.5, 0.6) is 0 Å². The highest BCUT2D eigenvalue weighted by Crippen LogP contribution is 1.86. The maximum Gasteiger partial charge on any atom is 0.180 e. The summed E-state index contributed by atoms with van der Waals surface area (Å²) in [7, 11) is 0. The Bertz CT molecular complexity index is 912. The standard InChI is InChI=1S/C5H5N.3C4H4N2.C4H5N.C3H3NO.C3H3NS/c1-2-4-6-5-3-1;1-2-6-4-3-5-1;1-2-5-4-6-3-1;1-2-4-6-5-3-1;1-2-4-5-3-1;2*1-2-5-3-4-1/h1-5H;3*1-4H;1,3-4H,2H2;2*1-3H. The number of nitrogens with zero attached hydrogens (tertiary/aromatic N) is 10. The first-order valence-corrected chi connectivity index (χ1v) is 12.2. The number of aliphatic imine (C=N–C) groups is 1. The van der Waals surface area contributed by atoms with E-state index in [0.717, 1.165) is 6.42 Å². The number of hydrogen-bond donors (Lipinski definition) is 0. The minimum atomic E-state index is 1.03. The highest BCUT2D eigenvalue weighted by molar-refractivity contribution is 7.07. The van der Waals surface area contributed by atoms with E-state index in [1.165, 1.54) is 19.0 Å². The van der Waals surface area contributed by atoms with E-state index in [1.807, 2.05) is 48.0 Å². The van der Waals surface area contributed by atoms with Gasteiger partial charge in [0.05, 0.1) is 11.7 Å². The van der Waals surface area contributed by atoms with Gasteiger partial charge < -0.3 is 4.42 Å². The summed E-state index contributed by atoms with van der Waals surface area (Å²) in [5, 5.41) is 9.00. The largest absolute Gasteiger partial charge is 0.452 e. The van der Waals surface area contributed by atoms with Crippen molar-refractivity contribution in [2.45, 2.75) is 6.42 Å². The van der Waals surface area contributed by atoms with E-state index in [1.54, 1.807) is 103 Å². The molecule has 0 aliphatic carbocycles. The first-order chi connectivity index (χ1) is 19.5. The van der Waals surface area contributed by atoms with Crippen LogP contribution in [0.1, 0.15) is 6.42 Å². The monoisotopic (exact) mass is 540 g/mol. The van der Waals surface area contributed by atoms with Gasteiger partial charge in [-0.2, -0.15) is 10.2 Å². The van der Waals surface area contributed by atoms with E-state index in [2.05, 4.69) is 54.5 Å². The Hall–Kier alpha value is -5.36. The van der Waals surface area contributed by atoms with E-state index in [-0.39, 0.29) is 0 Å². The van der Waals surface area contributed by atoms with Gasteiger partial charge >= 0.3 is 0 Å². The summed E-state index contributed by atoms with van der Waals surface area (Å²) in [6, 6.07) is 11.1. The second kappa shape index (κ2) is 28.9. The van der Waals surface area contributed by atoms with Gasteiger partial charge in [0.25, 0.3) is 0 Å². The van der Waals surface area contributed by atoms with Crippen LogP contribution >= 0.6 is 11.3 Å². The first-order valence-electron chi connectivity index (χ1n) is 11.3. The second-order valence-corrected chi connectivity index (χ2v) is 6.80. The van der Waals surface area contributed by atoms with Crippen molar-refractivity contribution in [1.82, 2.24) is 45.1 Å². The van der Waals surface area contributed by atoms with Gasteiger partial charge in [0, 0.05) is 92.4 Å². The van der Waals surface area contributed by atoms with Crippen molar-refractivity contribution in [2.24, 2.45) is 4.99 Å². The van der Waals surface area contributed by atoms with E-state index in [4.69, 9.17) is 0 Å². The Morgan fingerprint density at radius 2 is 1.18 bits per heavy atom. The fourth-order valence-corrected chi connectivity index (χ4v) is 2.08. The molecule has 0 saturated heterocycles. The SMILES string of the molecule is C1=CN=CC1.c1ccncc1.c1ccnnc1.c1cnccn1.c1cncnc1.c1cocn1.c1cscn1. The van der Waals surface area contributed by atoms with E-state index < -0.39 is 0 Å². The molecule has 0 spiro atoms. The zero-order chi connectivity index (χ0) is 27.6. The van der Waals surface area contributed by atoms with Crippen LogP contribution in [0.3, 0.4) is 0 Å². The molecule has 39 heavy (non-hydrogen) atoms. The summed E-state index contributed by atoms with van der Waals surface area (Å²) in [6.45, 7) is 0. The highest BCUT2D eigenvalue weighted by atomic mass is 32.1. The van der Waals surface area contributed by atoms with Crippen LogP contribution in [-0.4, -0.2) is 51.3 Å². The predicted octanol–water partition coefficient (Wildman–Crippen LogP) is 5.30. The van der Waals surface area contributed by atoms with Crippen LogP contribution in [0.25, 0.3) is 0 Å². The molecule has 0 unspecified atom stereocenters. The Morgan fingerprint density at radius 3 is 1.36 bits per heavy atom. The van der Waals surface area contributed by atoms with Crippen LogP contribution < -0.4 is 0 Å². The van der Waals surface area contributed by atoms with Crippen LogP contribution in [-0.2, 0) is 0 Å². The van der Waals surface area contributed by atoms with Crippen molar-refractivity contribution in [2.75, 3.05) is 0 Å². The summed E-state index contributed by atoms with van der Waals surface area (Å²) in [4.78, 5) is 29.7. The van der Waals surface area contributed by atoms with Gasteiger partial charge in [-0.25, -0.2) is 15.0 Å². The maximum atomic E-state index is 4.47. The summed E-state index contributed by atoms with van der Waals surface area (Å²) < 4.78 is 4.47. The molecule has 0 atom stereocenters. The molecule has 6 aromatic heterocycles. The normalized spacial score (nSPS) is 9.23. The van der Waals surface area contributed by atoms with Gasteiger partial charge in [-0.05, 0) is 30.3 Å². The van der Waals surface area contributed by atoms with Gasteiger partial charge in [-0.15, -0.1) is 11.3 Å². The van der Waals surface area contributed by atoms with Gasteiger partial charge in [-0.1, -0.05) is 12.1 Å². The molecule has 0 N–H and O–H groups in total. The molecule has 1 aliphatic rings. The van der Waals surface area contributed by atoms with Gasteiger partial charge in [0.15, 0.2) is 6.39 Å². The summed E-state index contributed by atoms with van der Waals surface area (Å²) >= 11 is 1.60. The molecule has 0 bridgehead atoms. The molecular weight excluding hydrogens is 512 g/mol. The Kier molecular flexibility index (Phi) is 23.4. The molecule has 0 fully saturated rings. The molecule has 1 aliphatic heterocycles. The molecule has 0 amide bonds. The van der Waals surface area contributed by atoms with Crippen molar-refractivity contribution >= 4 is 17.6 Å². The van der Waals surface area contributed by atoms with Gasteiger partial charge in [-0.3, -0.25) is 24.9 Å². The highest BCUT2D eigenvalue weighted by Gasteiger charge is 1.73. The van der Waals surface area contributed by atoms with Crippen LogP contribution in [0, 0.1) is 0 Å². The van der Waals surface area contributed by atoms with Crippen molar-refractivity contribution in [3.8, 4) is 0 Å².